The highest BCUT2D eigenvalue weighted by atomic mass is 16.5. The van der Waals surface area contributed by atoms with Crippen LogP contribution >= 0.6 is 0 Å². The molecule has 1 fully saturated rings. The predicted octanol–water partition coefficient (Wildman–Crippen LogP) is 0.351. The third kappa shape index (κ3) is 1.70. The standard InChI is InChI=1S/C10H12N2O2/c11-9-8(6-14-10(9)13)12-7-4-2-1-3-5-7/h1-5,8-9,12H,6,11H2. The van der Waals surface area contributed by atoms with E-state index in [2.05, 4.69) is 5.32 Å². The van der Waals surface area contributed by atoms with Crippen molar-refractivity contribution < 1.29 is 9.53 Å². The molecule has 0 bridgehead atoms. The fraction of sp³-hybridized carbons (Fsp3) is 0.300. The Morgan fingerprint density at radius 1 is 1.36 bits per heavy atom. The number of hydrogen-bond acceptors (Lipinski definition) is 4. The summed E-state index contributed by atoms with van der Waals surface area (Å²) in [5.74, 6) is -0.335. The van der Waals surface area contributed by atoms with Gasteiger partial charge in [-0.05, 0) is 12.1 Å². The molecule has 4 heteroatoms. The number of cyclic esters (lactones) is 1. The number of nitrogens with two attached hydrogens (primary N) is 1. The fourth-order valence-electron chi connectivity index (χ4n) is 1.42. The van der Waals surface area contributed by atoms with Gasteiger partial charge in [0.2, 0.25) is 0 Å². The average molecular weight is 192 g/mol. The number of carbonyl (C=O) groups is 1. The first kappa shape index (κ1) is 9.02. The molecule has 14 heavy (non-hydrogen) atoms. The summed E-state index contributed by atoms with van der Waals surface area (Å²) in [6.07, 6.45) is 0. The molecule has 0 aliphatic carbocycles. The van der Waals surface area contributed by atoms with Crippen molar-refractivity contribution in [1.82, 2.24) is 0 Å². The van der Waals surface area contributed by atoms with Crippen molar-refractivity contribution in [1.29, 1.82) is 0 Å². The van der Waals surface area contributed by atoms with E-state index in [1.54, 1.807) is 0 Å². The minimum absolute atomic E-state index is 0.120. The first-order valence-electron chi connectivity index (χ1n) is 4.51. The monoisotopic (exact) mass is 192 g/mol. The summed E-state index contributed by atoms with van der Waals surface area (Å²) in [7, 11) is 0. The van der Waals surface area contributed by atoms with Gasteiger partial charge < -0.3 is 15.8 Å². The van der Waals surface area contributed by atoms with Gasteiger partial charge in [0.25, 0.3) is 0 Å². The minimum Gasteiger partial charge on any atom is -0.462 e. The van der Waals surface area contributed by atoms with Gasteiger partial charge in [0.05, 0.1) is 6.04 Å². The third-order valence-corrected chi connectivity index (χ3v) is 2.24. The molecule has 74 valence electrons. The van der Waals surface area contributed by atoms with Crippen molar-refractivity contribution in [2.24, 2.45) is 5.73 Å². The SMILES string of the molecule is NC1C(=O)OCC1Nc1ccccc1. The van der Waals surface area contributed by atoms with Gasteiger partial charge in [0.1, 0.15) is 12.6 Å². The van der Waals surface area contributed by atoms with Crippen LogP contribution in [-0.2, 0) is 9.53 Å². The topological polar surface area (TPSA) is 64.4 Å². The number of esters is 1. The van der Waals surface area contributed by atoms with Crippen molar-refractivity contribution in [3.63, 3.8) is 0 Å². The van der Waals surface area contributed by atoms with Crippen molar-refractivity contribution in [3.8, 4) is 0 Å². The number of hydrogen-bond donors (Lipinski definition) is 2. The second-order valence-electron chi connectivity index (χ2n) is 3.27. The maximum Gasteiger partial charge on any atom is 0.325 e. The largest absolute Gasteiger partial charge is 0.462 e. The van der Waals surface area contributed by atoms with Gasteiger partial charge in [-0.3, -0.25) is 4.79 Å². The van der Waals surface area contributed by atoms with E-state index in [9.17, 15) is 4.79 Å². The zero-order chi connectivity index (χ0) is 9.97. The Kier molecular flexibility index (Phi) is 2.37. The first-order chi connectivity index (χ1) is 6.77. The lowest BCUT2D eigenvalue weighted by Crippen LogP contribution is -2.40. The molecule has 2 unspecified atom stereocenters. The number of ether oxygens (including phenoxy) is 1. The fourth-order valence-corrected chi connectivity index (χ4v) is 1.42. The average Bonchev–Trinajstić information content (AvgIpc) is 2.52. The highest BCUT2D eigenvalue weighted by molar-refractivity contribution is 5.79. The van der Waals surface area contributed by atoms with Gasteiger partial charge in [0.15, 0.2) is 0 Å². The summed E-state index contributed by atoms with van der Waals surface area (Å²) < 4.78 is 4.82. The van der Waals surface area contributed by atoms with Gasteiger partial charge in [-0.25, -0.2) is 0 Å². The number of anilines is 1. The Balaban J connectivity index is 2.02. The highest BCUT2D eigenvalue weighted by Crippen LogP contribution is 2.13. The number of carbonyl (C=O) groups excluding carboxylic acids is 1. The third-order valence-electron chi connectivity index (χ3n) is 2.24. The number of benzene rings is 1. The lowest BCUT2D eigenvalue weighted by molar-refractivity contribution is -0.139. The van der Waals surface area contributed by atoms with Crippen LogP contribution in [0.5, 0.6) is 0 Å². The molecule has 1 heterocycles. The van der Waals surface area contributed by atoms with Crippen molar-refractivity contribution in [2.45, 2.75) is 12.1 Å². The van der Waals surface area contributed by atoms with Crippen LogP contribution in [0.1, 0.15) is 0 Å². The molecule has 1 aliphatic heterocycles. The van der Waals surface area contributed by atoms with Crippen LogP contribution in [-0.4, -0.2) is 24.7 Å². The number of para-hydroxylation sites is 1. The van der Waals surface area contributed by atoms with E-state index < -0.39 is 6.04 Å². The molecule has 0 radical (unpaired) electrons. The summed E-state index contributed by atoms with van der Waals surface area (Å²) in [5, 5.41) is 3.15. The molecular weight excluding hydrogens is 180 g/mol. The van der Waals surface area contributed by atoms with Gasteiger partial charge >= 0.3 is 5.97 Å². The molecule has 0 spiro atoms. The minimum atomic E-state index is -0.560. The summed E-state index contributed by atoms with van der Waals surface area (Å²) in [6.45, 7) is 0.342. The van der Waals surface area contributed by atoms with Crippen molar-refractivity contribution in [2.75, 3.05) is 11.9 Å². The number of rotatable bonds is 2. The van der Waals surface area contributed by atoms with E-state index in [0.717, 1.165) is 5.69 Å². The normalized spacial score (nSPS) is 25.9. The lowest BCUT2D eigenvalue weighted by Gasteiger charge is -2.14. The van der Waals surface area contributed by atoms with Crippen LogP contribution in [0, 0.1) is 0 Å². The van der Waals surface area contributed by atoms with E-state index in [4.69, 9.17) is 10.5 Å². The molecule has 2 rings (SSSR count). The van der Waals surface area contributed by atoms with Crippen LogP contribution in [0.2, 0.25) is 0 Å². The maximum absolute atomic E-state index is 11.0. The van der Waals surface area contributed by atoms with Gasteiger partial charge in [-0.1, -0.05) is 18.2 Å². The van der Waals surface area contributed by atoms with E-state index in [-0.39, 0.29) is 12.0 Å². The summed E-state index contributed by atoms with van der Waals surface area (Å²) in [6, 6.07) is 8.95. The van der Waals surface area contributed by atoms with Crippen LogP contribution in [0.25, 0.3) is 0 Å². The van der Waals surface area contributed by atoms with Crippen LogP contribution < -0.4 is 11.1 Å². The second-order valence-corrected chi connectivity index (χ2v) is 3.27. The molecule has 1 saturated heterocycles. The lowest BCUT2D eigenvalue weighted by atomic mass is 10.1. The number of nitrogens with one attached hydrogen (secondary N) is 1. The molecule has 2 atom stereocenters. The molecule has 0 aromatic heterocycles. The Bertz CT molecular complexity index is 326. The Morgan fingerprint density at radius 2 is 2.07 bits per heavy atom. The zero-order valence-corrected chi connectivity index (χ0v) is 7.64. The highest BCUT2D eigenvalue weighted by Gasteiger charge is 2.33. The quantitative estimate of drug-likeness (QED) is 0.664. The molecule has 4 nitrogen and oxygen atoms in total. The molecule has 3 N–H and O–H groups in total. The summed E-state index contributed by atoms with van der Waals surface area (Å²) in [4.78, 5) is 11.0. The Morgan fingerprint density at radius 3 is 2.64 bits per heavy atom. The van der Waals surface area contributed by atoms with E-state index >= 15 is 0 Å². The first-order valence-corrected chi connectivity index (χ1v) is 4.51. The zero-order valence-electron chi connectivity index (χ0n) is 7.64. The van der Waals surface area contributed by atoms with Crippen LogP contribution in [0.3, 0.4) is 0 Å². The smallest absolute Gasteiger partial charge is 0.325 e. The summed E-state index contributed by atoms with van der Waals surface area (Å²) in [5.41, 5.74) is 6.58. The van der Waals surface area contributed by atoms with Crippen LogP contribution in [0.15, 0.2) is 30.3 Å². The van der Waals surface area contributed by atoms with Gasteiger partial charge in [0, 0.05) is 5.69 Å². The van der Waals surface area contributed by atoms with Crippen molar-refractivity contribution >= 4 is 11.7 Å². The second kappa shape index (κ2) is 3.67. The van der Waals surface area contributed by atoms with Gasteiger partial charge in [-0.15, -0.1) is 0 Å². The van der Waals surface area contributed by atoms with Gasteiger partial charge in [-0.2, -0.15) is 0 Å². The Labute approximate surface area is 82.1 Å². The molecule has 1 aromatic carbocycles. The molecule has 0 saturated carbocycles. The van der Waals surface area contributed by atoms with E-state index in [0.29, 0.717) is 6.61 Å². The van der Waals surface area contributed by atoms with E-state index in [1.807, 2.05) is 30.3 Å². The van der Waals surface area contributed by atoms with Crippen molar-refractivity contribution in [3.05, 3.63) is 30.3 Å². The molecule has 1 aromatic rings. The predicted molar refractivity (Wildman–Crippen MR) is 52.8 cm³/mol. The molecule has 0 amide bonds. The molecular formula is C10H12N2O2. The van der Waals surface area contributed by atoms with E-state index in [1.165, 1.54) is 0 Å². The molecule has 1 aliphatic rings. The summed E-state index contributed by atoms with van der Waals surface area (Å²) >= 11 is 0. The Hall–Kier alpha value is -1.55. The van der Waals surface area contributed by atoms with Crippen LogP contribution in [0.4, 0.5) is 5.69 Å². The maximum atomic E-state index is 11.0.